The fourth-order valence-electron chi connectivity index (χ4n) is 2.88. The highest BCUT2D eigenvalue weighted by Crippen LogP contribution is 2.15. The minimum Gasteiger partial charge on any atom is -0.370 e. The lowest BCUT2D eigenvalue weighted by molar-refractivity contribution is 0.0958. The molecule has 0 fully saturated rings. The van der Waals surface area contributed by atoms with Gasteiger partial charge in [-0.15, -0.1) is 11.3 Å². The van der Waals surface area contributed by atoms with Gasteiger partial charge < -0.3 is 20.9 Å². The van der Waals surface area contributed by atoms with Gasteiger partial charge in [0.15, 0.2) is 5.96 Å². The van der Waals surface area contributed by atoms with Crippen LogP contribution in [-0.4, -0.2) is 56.1 Å². The van der Waals surface area contributed by atoms with Gasteiger partial charge in [0.2, 0.25) is 0 Å². The SMILES string of the molecule is CCNC(=NCCNC(=O)c1scnc1C)NCCN(CC)c1cccc(C)c1. The molecule has 0 unspecified atom stereocenters. The second-order valence-corrected chi connectivity index (χ2v) is 7.48. The predicted molar refractivity (Wildman–Crippen MR) is 122 cm³/mol. The molecular formula is C21H32N6OS. The number of likely N-dealkylation sites (N-methyl/N-ethyl adjacent to an activating group) is 1. The first kappa shape index (κ1) is 22.7. The van der Waals surface area contributed by atoms with Crippen molar-refractivity contribution in [1.82, 2.24) is 20.9 Å². The topological polar surface area (TPSA) is 81.6 Å². The predicted octanol–water partition coefficient (Wildman–Crippen LogP) is 2.57. The van der Waals surface area contributed by atoms with E-state index in [0.717, 1.165) is 37.8 Å². The maximum absolute atomic E-state index is 12.1. The molecular weight excluding hydrogens is 384 g/mol. The molecule has 7 nitrogen and oxygen atoms in total. The van der Waals surface area contributed by atoms with E-state index in [1.54, 1.807) is 5.51 Å². The molecule has 0 saturated heterocycles. The molecule has 0 aliphatic carbocycles. The Morgan fingerprint density at radius 2 is 2.00 bits per heavy atom. The number of benzene rings is 1. The van der Waals surface area contributed by atoms with Crippen LogP contribution in [0.1, 0.15) is 34.8 Å². The molecule has 0 aliphatic heterocycles. The number of guanidine groups is 1. The van der Waals surface area contributed by atoms with Crippen molar-refractivity contribution in [3.05, 3.63) is 45.9 Å². The molecule has 8 heteroatoms. The van der Waals surface area contributed by atoms with Gasteiger partial charge in [-0.25, -0.2) is 4.98 Å². The number of anilines is 1. The summed E-state index contributed by atoms with van der Waals surface area (Å²) >= 11 is 1.36. The Kier molecular flexibility index (Phi) is 9.43. The van der Waals surface area contributed by atoms with Crippen molar-refractivity contribution in [2.45, 2.75) is 27.7 Å². The van der Waals surface area contributed by atoms with E-state index in [0.29, 0.717) is 18.0 Å². The summed E-state index contributed by atoms with van der Waals surface area (Å²) in [6.45, 7) is 12.5. The molecule has 0 bridgehead atoms. The highest BCUT2D eigenvalue weighted by molar-refractivity contribution is 7.11. The Balaban J connectivity index is 1.79. The maximum Gasteiger partial charge on any atom is 0.263 e. The molecule has 2 rings (SSSR count). The van der Waals surface area contributed by atoms with E-state index in [4.69, 9.17) is 0 Å². The number of amides is 1. The number of aryl methyl sites for hydroxylation is 2. The number of nitrogens with one attached hydrogen (secondary N) is 3. The average Bonchev–Trinajstić information content (AvgIpc) is 3.14. The zero-order valence-corrected chi connectivity index (χ0v) is 18.6. The van der Waals surface area contributed by atoms with Gasteiger partial charge in [-0.1, -0.05) is 12.1 Å². The number of hydrogen-bond donors (Lipinski definition) is 3. The number of aliphatic imine (C=N–C) groups is 1. The number of aromatic nitrogens is 1. The molecule has 1 heterocycles. The summed E-state index contributed by atoms with van der Waals surface area (Å²) in [4.78, 5) is 23.8. The molecule has 0 atom stereocenters. The molecule has 3 N–H and O–H groups in total. The Morgan fingerprint density at radius 3 is 2.66 bits per heavy atom. The van der Waals surface area contributed by atoms with E-state index in [9.17, 15) is 4.79 Å². The third-order valence-corrected chi connectivity index (χ3v) is 5.31. The van der Waals surface area contributed by atoms with Crippen LogP contribution in [0.5, 0.6) is 0 Å². The number of carbonyl (C=O) groups excluding carboxylic acids is 1. The van der Waals surface area contributed by atoms with Crippen molar-refractivity contribution in [3.8, 4) is 0 Å². The molecule has 1 aromatic heterocycles. The summed E-state index contributed by atoms with van der Waals surface area (Å²) in [5.41, 5.74) is 4.95. The third-order valence-electron chi connectivity index (χ3n) is 4.39. The summed E-state index contributed by atoms with van der Waals surface area (Å²) in [6.07, 6.45) is 0. The van der Waals surface area contributed by atoms with E-state index >= 15 is 0 Å². The minimum absolute atomic E-state index is 0.0881. The van der Waals surface area contributed by atoms with Crippen molar-refractivity contribution in [1.29, 1.82) is 0 Å². The van der Waals surface area contributed by atoms with Gasteiger partial charge in [0.25, 0.3) is 5.91 Å². The largest absolute Gasteiger partial charge is 0.370 e. The zero-order valence-electron chi connectivity index (χ0n) is 17.8. The summed E-state index contributed by atoms with van der Waals surface area (Å²) in [6, 6.07) is 8.55. The molecule has 2 aromatic rings. The van der Waals surface area contributed by atoms with Gasteiger partial charge in [0.1, 0.15) is 4.88 Å². The fourth-order valence-corrected chi connectivity index (χ4v) is 3.60. The summed E-state index contributed by atoms with van der Waals surface area (Å²) in [5.74, 6) is 0.672. The van der Waals surface area contributed by atoms with Crippen molar-refractivity contribution < 1.29 is 4.79 Å². The first-order valence-corrected chi connectivity index (χ1v) is 10.9. The van der Waals surface area contributed by atoms with Gasteiger partial charge in [0.05, 0.1) is 17.7 Å². The third kappa shape index (κ3) is 7.38. The van der Waals surface area contributed by atoms with E-state index < -0.39 is 0 Å². The van der Waals surface area contributed by atoms with Crippen LogP contribution in [0.15, 0.2) is 34.8 Å². The van der Waals surface area contributed by atoms with Gasteiger partial charge in [0, 0.05) is 38.4 Å². The van der Waals surface area contributed by atoms with Gasteiger partial charge in [-0.2, -0.15) is 0 Å². The molecule has 0 saturated carbocycles. The Morgan fingerprint density at radius 1 is 1.17 bits per heavy atom. The zero-order chi connectivity index (χ0) is 21.1. The van der Waals surface area contributed by atoms with E-state index in [1.165, 1.54) is 22.6 Å². The standard InChI is InChI=1S/C21H32N6OS/c1-5-22-21(24-11-10-23-20(28)19-17(4)26-15-29-19)25-12-13-27(6-2)18-9-7-8-16(3)14-18/h7-9,14-15H,5-6,10-13H2,1-4H3,(H,23,28)(H2,22,24,25). The number of carbonyl (C=O) groups is 1. The van der Waals surface area contributed by atoms with Crippen molar-refractivity contribution in [2.75, 3.05) is 44.2 Å². The van der Waals surface area contributed by atoms with Crippen LogP contribution >= 0.6 is 11.3 Å². The van der Waals surface area contributed by atoms with Crippen LogP contribution in [0.3, 0.4) is 0 Å². The van der Waals surface area contributed by atoms with E-state index in [-0.39, 0.29) is 5.91 Å². The molecule has 0 aliphatic rings. The minimum atomic E-state index is -0.0881. The second kappa shape index (κ2) is 12.1. The summed E-state index contributed by atoms with van der Waals surface area (Å²) in [5, 5.41) is 9.51. The smallest absolute Gasteiger partial charge is 0.263 e. The first-order chi connectivity index (χ1) is 14.0. The maximum atomic E-state index is 12.1. The highest BCUT2D eigenvalue weighted by atomic mass is 32.1. The van der Waals surface area contributed by atoms with Crippen LogP contribution in [0.25, 0.3) is 0 Å². The number of hydrogen-bond acceptors (Lipinski definition) is 5. The fraction of sp³-hybridized carbons (Fsp3) is 0.476. The van der Waals surface area contributed by atoms with Crippen molar-refractivity contribution >= 4 is 28.9 Å². The molecule has 1 amide bonds. The quantitative estimate of drug-likeness (QED) is 0.315. The van der Waals surface area contributed by atoms with Gasteiger partial charge >= 0.3 is 0 Å². The number of nitrogens with zero attached hydrogens (tertiary/aromatic N) is 3. The van der Waals surface area contributed by atoms with E-state index in [1.807, 2.05) is 13.8 Å². The molecule has 0 spiro atoms. The van der Waals surface area contributed by atoms with Crippen LogP contribution in [0.4, 0.5) is 5.69 Å². The second-order valence-electron chi connectivity index (χ2n) is 6.63. The Hall–Kier alpha value is -2.61. The molecule has 29 heavy (non-hydrogen) atoms. The lowest BCUT2D eigenvalue weighted by atomic mass is 10.2. The summed E-state index contributed by atoms with van der Waals surface area (Å²) in [7, 11) is 0. The van der Waals surface area contributed by atoms with Gasteiger partial charge in [-0.3, -0.25) is 9.79 Å². The number of thiazole rings is 1. The first-order valence-electron chi connectivity index (χ1n) is 10.1. The van der Waals surface area contributed by atoms with Crippen LogP contribution in [-0.2, 0) is 0 Å². The summed E-state index contributed by atoms with van der Waals surface area (Å²) < 4.78 is 0. The van der Waals surface area contributed by atoms with Gasteiger partial charge in [-0.05, 0) is 45.4 Å². The van der Waals surface area contributed by atoms with Crippen molar-refractivity contribution in [3.63, 3.8) is 0 Å². The normalized spacial score (nSPS) is 11.2. The Labute approximate surface area is 177 Å². The van der Waals surface area contributed by atoms with E-state index in [2.05, 4.69) is 68.9 Å². The monoisotopic (exact) mass is 416 g/mol. The Bertz CT molecular complexity index is 804. The number of rotatable bonds is 10. The lowest BCUT2D eigenvalue weighted by Crippen LogP contribution is -2.42. The van der Waals surface area contributed by atoms with Crippen LogP contribution < -0.4 is 20.9 Å². The highest BCUT2D eigenvalue weighted by Gasteiger charge is 2.10. The molecule has 0 radical (unpaired) electrons. The van der Waals surface area contributed by atoms with Crippen LogP contribution in [0, 0.1) is 13.8 Å². The average molecular weight is 417 g/mol. The molecule has 158 valence electrons. The lowest BCUT2D eigenvalue weighted by Gasteiger charge is -2.24. The molecule has 1 aromatic carbocycles. The van der Waals surface area contributed by atoms with Crippen LogP contribution in [0.2, 0.25) is 0 Å². The van der Waals surface area contributed by atoms with Crippen molar-refractivity contribution in [2.24, 2.45) is 4.99 Å².